The van der Waals surface area contributed by atoms with Crippen molar-refractivity contribution in [3.63, 3.8) is 0 Å². The number of rotatable bonds is 2. The lowest BCUT2D eigenvalue weighted by molar-refractivity contribution is -0.159. The van der Waals surface area contributed by atoms with Gasteiger partial charge in [0.25, 0.3) is 0 Å². The van der Waals surface area contributed by atoms with Gasteiger partial charge in [0.15, 0.2) is 0 Å². The summed E-state index contributed by atoms with van der Waals surface area (Å²) in [5.74, 6) is 0.229. The third-order valence-corrected chi connectivity index (χ3v) is 6.53. The number of hydrogen-bond acceptors (Lipinski definition) is 4. The lowest BCUT2D eigenvalue weighted by Crippen LogP contribution is -2.70. The molecule has 6 rings (SSSR count). The summed E-state index contributed by atoms with van der Waals surface area (Å²) in [5, 5.41) is 6.32. The monoisotopic (exact) mass is 341 g/mol. The molecule has 5 aliphatic rings. The quantitative estimate of drug-likeness (QED) is 0.843. The number of hydrogen-bond donors (Lipinski definition) is 2. The summed E-state index contributed by atoms with van der Waals surface area (Å²) in [6.45, 7) is 2.91. The molecule has 2 N–H and O–H groups in total. The molecule has 4 heterocycles. The molecule has 2 bridgehead atoms. The standard InChI is InChI=1S/C19H23N3O3/c23-16(22-7-6-14-15(8-22)25-17(24)21-14)19-9-18(10-19,11-20-12-19)13-4-2-1-3-5-13/h1-5,14-15,20H,6-12H2,(H,21,24)/t14-,15+,18?,19?/m0/s1. The van der Waals surface area contributed by atoms with Gasteiger partial charge in [-0.05, 0) is 24.8 Å². The smallest absolute Gasteiger partial charge is 0.407 e. The Morgan fingerprint density at radius 3 is 2.80 bits per heavy atom. The maximum Gasteiger partial charge on any atom is 0.407 e. The first-order chi connectivity index (χ1) is 12.1. The highest BCUT2D eigenvalue weighted by Crippen LogP contribution is 2.58. The van der Waals surface area contributed by atoms with Crippen molar-refractivity contribution < 1.29 is 14.3 Å². The normalized spacial score (nSPS) is 39.0. The third kappa shape index (κ3) is 2.20. The van der Waals surface area contributed by atoms with Gasteiger partial charge in [-0.1, -0.05) is 30.3 Å². The van der Waals surface area contributed by atoms with Gasteiger partial charge in [0, 0.05) is 25.0 Å². The van der Waals surface area contributed by atoms with Crippen LogP contribution in [0.4, 0.5) is 4.79 Å². The largest absolute Gasteiger partial charge is 0.442 e. The van der Waals surface area contributed by atoms with Gasteiger partial charge < -0.3 is 20.3 Å². The van der Waals surface area contributed by atoms with E-state index in [0.29, 0.717) is 13.1 Å². The minimum atomic E-state index is -0.353. The first-order valence-electron chi connectivity index (χ1n) is 9.13. The van der Waals surface area contributed by atoms with Crippen LogP contribution in [-0.4, -0.2) is 55.2 Å². The number of fused-ring (bicyclic) bond motifs is 3. The van der Waals surface area contributed by atoms with E-state index >= 15 is 0 Å². The van der Waals surface area contributed by atoms with E-state index < -0.39 is 0 Å². The number of nitrogens with zero attached hydrogens (tertiary/aromatic N) is 1. The van der Waals surface area contributed by atoms with Crippen LogP contribution < -0.4 is 10.6 Å². The maximum atomic E-state index is 13.3. The second-order valence-corrected chi connectivity index (χ2v) is 8.12. The number of likely N-dealkylation sites (tertiary alicyclic amines) is 1. The summed E-state index contributed by atoms with van der Waals surface area (Å²) in [4.78, 5) is 26.6. The highest BCUT2D eigenvalue weighted by Gasteiger charge is 2.62. The van der Waals surface area contributed by atoms with Gasteiger partial charge in [-0.15, -0.1) is 0 Å². The van der Waals surface area contributed by atoms with Gasteiger partial charge in [0.2, 0.25) is 5.91 Å². The lowest BCUT2D eigenvalue weighted by Gasteiger charge is -2.61. The fourth-order valence-corrected chi connectivity index (χ4v) is 5.40. The molecular formula is C19H23N3O3. The Bertz CT molecular complexity index is 714. The third-order valence-electron chi connectivity index (χ3n) is 6.53. The number of piperidine rings is 3. The number of alkyl carbamates (subject to hydrolysis) is 1. The van der Waals surface area contributed by atoms with E-state index in [9.17, 15) is 9.59 Å². The van der Waals surface area contributed by atoms with Gasteiger partial charge in [0.1, 0.15) is 6.10 Å². The van der Waals surface area contributed by atoms with Crippen LogP contribution in [0.2, 0.25) is 0 Å². The predicted molar refractivity (Wildman–Crippen MR) is 91.0 cm³/mol. The molecule has 0 spiro atoms. The van der Waals surface area contributed by atoms with Crippen LogP contribution in [0.3, 0.4) is 0 Å². The average Bonchev–Trinajstić information content (AvgIpc) is 3.00. The fourth-order valence-electron chi connectivity index (χ4n) is 5.40. The van der Waals surface area contributed by atoms with Crippen LogP contribution >= 0.6 is 0 Å². The Morgan fingerprint density at radius 2 is 2.00 bits per heavy atom. The minimum Gasteiger partial charge on any atom is -0.442 e. The molecule has 6 heteroatoms. The van der Waals surface area contributed by atoms with Crippen LogP contribution in [0.1, 0.15) is 24.8 Å². The second kappa shape index (κ2) is 5.21. The SMILES string of the molecule is O=C1N[C@H]2CCN(C(=O)C34CNCC(c5ccccc5)(C3)C4)C[C@H]2O1. The number of carbonyl (C=O) groups is 2. The van der Waals surface area contributed by atoms with Gasteiger partial charge in [-0.2, -0.15) is 0 Å². The van der Waals surface area contributed by atoms with Crippen LogP contribution in [0.25, 0.3) is 0 Å². The summed E-state index contributed by atoms with van der Waals surface area (Å²) in [6.07, 6.45) is 2.05. The highest BCUT2D eigenvalue weighted by molar-refractivity contribution is 5.85. The van der Waals surface area contributed by atoms with Crippen molar-refractivity contribution in [1.29, 1.82) is 0 Å². The fraction of sp³-hybridized carbons (Fsp3) is 0.579. The van der Waals surface area contributed by atoms with Crippen molar-refractivity contribution in [2.75, 3.05) is 26.2 Å². The Labute approximate surface area is 146 Å². The molecule has 1 aromatic carbocycles. The van der Waals surface area contributed by atoms with Crippen molar-refractivity contribution in [3.8, 4) is 0 Å². The minimum absolute atomic E-state index is 0.0586. The van der Waals surface area contributed by atoms with Gasteiger partial charge in [0.05, 0.1) is 18.0 Å². The molecule has 25 heavy (non-hydrogen) atoms. The zero-order chi connectivity index (χ0) is 17.1. The van der Waals surface area contributed by atoms with Gasteiger partial charge in [-0.3, -0.25) is 4.79 Å². The Morgan fingerprint density at radius 1 is 1.20 bits per heavy atom. The Hall–Kier alpha value is -2.08. The molecule has 132 valence electrons. The van der Waals surface area contributed by atoms with E-state index in [0.717, 1.165) is 32.4 Å². The topological polar surface area (TPSA) is 70.7 Å². The highest BCUT2D eigenvalue weighted by atomic mass is 16.6. The van der Waals surface area contributed by atoms with Gasteiger partial charge >= 0.3 is 6.09 Å². The number of carbonyl (C=O) groups excluding carboxylic acids is 2. The summed E-state index contributed by atoms with van der Waals surface area (Å²) in [5.41, 5.74) is 1.13. The van der Waals surface area contributed by atoms with E-state index in [1.165, 1.54) is 5.56 Å². The van der Waals surface area contributed by atoms with Crippen molar-refractivity contribution in [1.82, 2.24) is 15.5 Å². The van der Waals surface area contributed by atoms with Crippen molar-refractivity contribution in [2.45, 2.75) is 36.8 Å². The van der Waals surface area contributed by atoms with E-state index in [1.807, 2.05) is 11.0 Å². The lowest BCUT2D eigenvalue weighted by atomic mass is 9.47. The molecule has 2 atom stereocenters. The molecular weight excluding hydrogens is 318 g/mol. The molecule has 1 aromatic rings. The molecule has 0 aromatic heterocycles. The van der Waals surface area contributed by atoms with Crippen molar-refractivity contribution in [2.24, 2.45) is 5.41 Å². The first-order valence-corrected chi connectivity index (χ1v) is 9.13. The molecule has 2 amide bonds. The van der Waals surface area contributed by atoms with E-state index in [-0.39, 0.29) is 35.0 Å². The zero-order valence-electron chi connectivity index (χ0n) is 14.2. The Balaban J connectivity index is 1.33. The molecule has 5 fully saturated rings. The molecule has 1 saturated carbocycles. The van der Waals surface area contributed by atoms with Crippen LogP contribution in [0.5, 0.6) is 0 Å². The first kappa shape index (κ1) is 15.2. The van der Waals surface area contributed by atoms with E-state index in [2.05, 4.69) is 34.9 Å². The van der Waals surface area contributed by atoms with Crippen LogP contribution in [-0.2, 0) is 14.9 Å². The molecule has 6 nitrogen and oxygen atoms in total. The van der Waals surface area contributed by atoms with Crippen LogP contribution in [0, 0.1) is 5.41 Å². The average molecular weight is 341 g/mol. The number of ether oxygens (including phenoxy) is 1. The van der Waals surface area contributed by atoms with Crippen molar-refractivity contribution >= 4 is 12.0 Å². The molecule has 4 aliphatic heterocycles. The second-order valence-electron chi connectivity index (χ2n) is 8.12. The van der Waals surface area contributed by atoms with E-state index in [1.54, 1.807) is 0 Å². The number of amides is 2. The van der Waals surface area contributed by atoms with E-state index in [4.69, 9.17) is 4.74 Å². The Kier molecular flexibility index (Phi) is 3.17. The molecule has 1 aliphatic carbocycles. The molecule has 4 saturated heterocycles. The summed E-state index contributed by atoms with van der Waals surface area (Å²) < 4.78 is 5.31. The summed E-state index contributed by atoms with van der Waals surface area (Å²) in [6, 6.07) is 10.6. The zero-order valence-corrected chi connectivity index (χ0v) is 14.2. The summed E-state index contributed by atoms with van der Waals surface area (Å²) >= 11 is 0. The maximum absolute atomic E-state index is 13.3. The van der Waals surface area contributed by atoms with Gasteiger partial charge in [-0.25, -0.2) is 4.79 Å². The molecule has 0 unspecified atom stereocenters. The molecule has 0 radical (unpaired) electrons. The van der Waals surface area contributed by atoms with Crippen LogP contribution in [0.15, 0.2) is 30.3 Å². The predicted octanol–water partition coefficient (Wildman–Crippen LogP) is 1.02. The van der Waals surface area contributed by atoms with Crippen molar-refractivity contribution in [3.05, 3.63) is 35.9 Å². The number of benzene rings is 1. The summed E-state index contributed by atoms with van der Waals surface area (Å²) in [7, 11) is 0. The number of nitrogens with one attached hydrogen (secondary N) is 2.